The molecule has 0 radical (unpaired) electrons. The predicted octanol–water partition coefficient (Wildman–Crippen LogP) is -2.42. The molecule has 0 amide bonds. The van der Waals surface area contributed by atoms with Crippen LogP contribution in [0.2, 0.25) is 0 Å². The highest BCUT2D eigenvalue weighted by Crippen LogP contribution is 2.36. The van der Waals surface area contributed by atoms with Crippen molar-refractivity contribution in [2.75, 3.05) is 12.3 Å². The highest BCUT2D eigenvalue weighted by atomic mass is 19.1. The summed E-state index contributed by atoms with van der Waals surface area (Å²) < 4.78 is 19.1. The van der Waals surface area contributed by atoms with E-state index in [1.807, 2.05) is 5.92 Å². The zero-order chi connectivity index (χ0) is 15.1. The topological polar surface area (TPSA) is 131 Å². The van der Waals surface area contributed by atoms with Gasteiger partial charge in [-0.2, -0.15) is 4.98 Å². The van der Waals surface area contributed by atoms with Crippen molar-refractivity contribution in [1.29, 1.82) is 0 Å². The maximum atomic E-state index is 13.4. The first-order chi connectivity index (χ1) is 9.36. The summed E-state index contributed by atoms with van der Waals surface area (Å²) in [5.41, 5.74) is 2.25. The molecule has 20 heavy (non-hydrogen) atoms. The molecular weight excluding hydrogens is 273 g/mol. The van der Waals surface area contributed by atoms with Gasteiger partial charge >= 0.3 is 5.69 Å². The van der Waals surface area contributed by atoms with E-state index in [-0.39, 0.29) is 0 Å². The van der Waals surface area contributed by atoms with Gasteiger partial charge in [0.15, 0.2) is 23.5 Å². The molecular formula is C11H12FN3O5. The van der Waals surface area contributed by atoms with E-state index < -0.39 is 48.0 Å². The zero-order valence-corrected chi connectivity index (χ0v) is 10.1. The summed E-state index contributed by atoms with van der Waals surface area (Å²) in [6, 6.07) is 0. The molecule has 1 aromatic heterocycles. The van der Waals surface area contributed by atoms with E-state index >= 15 is 0 Å². The quantitative estimate of drug-likeness (QED) is 0.445. The lowest BCUT2D eigenvalue weighted by Crippen LogP contribution is -2.45. The second kappa shape index (κ2) is 4.84. The van der Waals surface area contributed by atoms with Crippen molar-refractivity contribution in [2.24, 2.45) is 0 Å². The molecule has 1 fully saturated rings. The van der Waals surface area contributed by atoms with Crippen molar-refractivity contribution in [3.8, 4) is 12.3 Å². The monoisotopic (exact) mass is 285 g/mol. The molecule has 2 heterocycles. The second-order valence-electron chi connectivity index (χ2n) is 4.30. The average Bonchev–Trinajstić information content (AvgIpc) is 2.68. The van der Waals surface area contributed by atoms with Gasteiger partial charge in [-0.15, -0.1) is 6.42 Å². The first kappa shape index (κ1) is 14.4. The average molecular weight is 285 g/mol. The SMILES string of the molecule is C#C[C@]1(CO)O[C@@H](n2cc(F)c(N)nc2=O)[C@@H](O)[C@@H]1O. The van der Waals surface area contributed by atoms with Crippen LogP contribution in [0.15, 0.2) is 11.0 Å². The van der Waals surface area contributed by atoms with Crippen LogP contribution in [0.4, 0.5) is 10.2 Å². The van der Waals surface area contributed by atoms with Crippen LogP contribution in [0.1, 0.15) is 6.23 Å². The van der Waals surface area contributed by atoms with Crippen LogP contribution >= 0.6 is 0 Å². The fraction of sp³-hybridized carbons (Fsp3) is 0.455. The van der Waals surface area contributed by atoms with Crippen molar-refractivity contribution in [3.05, 3.63) is 22.5 Å². The molecule has 1 aromatic rings. The van der Waals surface area contributed by atoms with Crippen LogP contribution in [0, 0.1) is 18.2 Å². The number of nitrogen functional groups attached to an aromatic ring is 1. The molecule has 0 unspecified atom stereocenters. The van der Waals surface area contributed by atoms with E-state index in [0.717, 1.165) is 0 Å². The normalized spacial score (nSPS) is 33.0. The summed E-state index contributed by atoms with van der Waals surface area (Å²) in [5, 5.41) is 28.9. The number of aliphatic hydroxyl groups is 3. The smallest absolute Gasteiger partial charge is 0.351 e. The minimum Gasteiger partial charge on any atom is -0.392 e. The van der Waals surface area contributed by atoms with Crippen LogP contribution < -0.4 is 11.4 Å². The minimum absolute atomic E-state index is 0.605. The van der Waals surface area contributed by atoms with Gasteiger partial charge in [0.25, 0.3) is 0 Å². The lowest BCUT2D eigenvalue weighted by Gasteiger charge is -2.23. The Hall–Kier alpha value is -1.99. The fourth-order valence-corrected chi connectivity index (χ4v) is 1.94. The van der Waals surface area contributed by atoms with E-state index in [9.17, 15) is 24.5 Å². The van der Waals surface area contributed by atoms with E-state index in [4.69, 9.17) is 16.9 Å². The highest BCUT2D eigenvalue weighted by molar-refractivity contribution is 5.27. The van der Waals surface area contributed by atoms with Crippen LogP contribution in [0.25, 0.3) is 0 Å². The summed E-state index contributed by atoms with van der Waals surface area (Å²) in [5.74, 6) is 0.407. The maximum absolute atomic E-state index is 13.4. The molecule has 2 rings (SSSR count). The fourth-order valence-electron chi connectivity index (χ4n) is 1.94. The Balaban J connectivity index is 2.48. The predicted molar refractivity (Wildman–Crippen MR) is 63.7 cm³/mol. The lowest BCUT2D eigenvalue weighted by molar-refractivity contribution is -0.0938. The first-order valence-corrected chi connectivity index (χ1v) is 5.53. The van der Waals surface area contributed by atoms with Gasteiger partial charge in [-0.3, -0.25) is 4.57 Å². The summed E-state index contributed by atoms with van der Waals surface area (Å²) >= 11 is 0. The minimum atomic E-state index is -1.89. The molecule has 1 aliphatic rings. The Morgan fingerprint density at radius 3 is 2.80 bits per heavy atom. The maximum Gasteiger partial charge on any atom is 0.351 e. The van der Waals surface area contributed by atoms with E-state index in [1.54, 1.807) is 0 Å². The van der Waals surface area contributed by atoms with Crippen LogP contribution in [-0.2, 0) is 4.74 Å². The molecule has 0 aromatic carbocycles. The molecule has 0 aliphatic carbocycles. The summed E-state index contributed by atoms with van der Waals surface area (Å²) in [6.07, 6.45) is 1.03. The Morgan fingerprint density at radius 2 is 2.30 bits per heavy atom. The number of anilines is 1. The van der Waals surface area contributed by atoms with Crippen molar-refractivity contribution in [1.82, 2.24) is 9.55 Å². The molecule has 108 valence electrons. The van der Waals surface area contributed by atoms with Gasteiger partial charge in [-0.25, -0.2) is 9.18 Å². The number of hydrogen-bond acceptors (Lipinski definition) is 7. The summed E-state index contributed by atoms with van der Waals surface area (Å²) in [4.78, 5) is 14.8. The number of hydrogen-bond donors (Lipinski definition) is 4. The summed E-state index contributed by atoms with van der Waals surface area (Å²) in [7, 11) is 0. The van der Waals surface area contributed by atoms with Gasteiger partial charge in [0.1, 0.15) is 12.2 Å². The number of terminal acetylenes is 1. The highest BCUT2D eigenvalue weighted by Gasteiger charge is 2.54. The molecule has 1 aliphatic heterocycles. The molecule has 0 saturated carbocycles. The van der Waals surface area contributed by atoms with Crippen molar-refractivity contribution < 1.29 is 24.4 Å². The van der Waals surface area contributed by atoms with E-state index in [2.05, 4.69) is 4.98 Å². The van der Waals surface area contributed by atoms with E-state index in [1.165, 1.54) is 0 Å². The molecule has 5 N–H and O–H groups in total. The molecule has 1 saturated heterocycles. The number of halogens is 1. The zero-order valence-electron chi connectivity index (χ0n) is 10.1. The number of ether oxygens (including phenoxy) is 1. The van der Waals surface area contributed by atoms with Crippen molar-refractivity contribution >= 4 is 5.82 Å². The first-order valence-electron chi connectivity index (χ1n) is 5.53. The Morgan fingerprint density at radius 1 is 1.65 bits per heavy atom. The van der Waals surface area contributed by atoms with Gasteiger partial charge in [0.2, 0.25) is 0 Å². The van der Waals surface area contributed by atoms with Gasteiger partial charge in [-0.1, -0.05) is 5.92 Å². The third kappa shape index (κ3) is 1.95. The van der Waals surface area contributed by atoms with Gasteiger partial charge in [0.05, 0.1) is 12.8 Å². The standard InChI is InChI=1S/C11H12FN3O5/c1-2-11(4-16)7(18)6(17)9(20-11)15-3-5(12)8(13)14-10(15)19/h1,3,6-7,9,16-18H,4H2,(H2,13,14,19)/t6-,7-,9+,11+/m0/s1. The van der Waals surface area contributed by atoms with Crippen LogP contribution in [0.3, 0.4) is 0 Å². The van der Waals surface area contributed by atoms with Gasteiger partial charge < -0.3 is 25.8 Å². The number of nitrogens with two attached hydrogens (primary N) is 1. The molecule has 9 heteroatoms. The number of aliphatic hydroxyl groups excluding tert-OH is 3. The molecule has 0 spiro atoms. The Kier molecular flexibility index (Phi) is 3.49. The Labute approximate surface area is 112 Å². The Bertz CT molecular complexity index is 627. The molecule has 4 atom stereocenters. The van der Waals surface area contributed by atoms with Gasteiger partial charge in [-0.05, 0) is 0 Å². The third-order valence-corrected chi connectivity index (χ3v) is 3.11. The van der Waals surface area contributed by atoms with Crippen LogP contribution in [0.5, 0.6) is 0 Å². The largest absolute Gasteiger partial charge is 0.392 e. The van der Waals surface area contributed by atoms with Crippen LogP contribution in [-0.4, -0.2) is 49.3 Å². The summed E-state index contributed by atoms with van der Waals surface area (Å²) in [6.45, 7) is -0.794. The molecule has 0 bridgehead atoms. The van der Waals surface area contributed by atoms with E-state index in [0.29, 0.717) is 10.8 Å². The number of nitrogens with zero attached hydrogens (tertiary/aromatic N) is 2. The number of rotatable bonds is 2. The van der Waals surface area contributed by atoms with Gasteiger partial charge in [0, 0.05) is 0 Å². The number of aromatic nitrogens is 2. The molecule has 8 nitrogen and oxygen atoms in total. The second-order valence-corrected chi connectivity index (χ2v) is 4.30. The third-order valence-electron chi connectivity index (χ3n) is 3.11. The lowest BCUT2D eigenvalue weighted by atomic mass is 9.97. The van der Waals surface area contributed by atoms with Crippen molar-refractivity contribution in [2.45, 2.75) is 24.0 Å². The van der Waals surface area contributed by atoms with Crippen molar-refractivity contribution in [3.63, 3.8) is 0 Å².